The van der Waals surface area contributed by atoms with Gasteiger partial charge in [0, 0.05) is 12.8 Å². The Morgan fingerprint density at radius 1 is 0.793 bits per heavy atom. The minimum atomic E-state index is -0.267. The summed E-state index contributed by atoms with van der Waals surface area (Å²) in [5.41, 5.74) is 1.09. The molecule has 0 heterocycles. The average molecular weight is 405 g/mol. The first-order chi connectivity index (χ1) is 14.0. The molecular formula is C25H40O4. The molecule has 4 heteroatoms. The van der Waals surface area contributed by atoms with Crippen molar-refractivity contribution in [1.29, 1.82) is 0 Å². The highest BCUT2D eigenvalue weighted by atomic mass is 16.6. The fourth-order valence-corrected chi connectivity index (χ4v) is 3.07. The van der Waals surface area contributed by atoms with Gasteiger partial charge < -0.3 is 9.47 Å². The SMILES string of the molecule is CCCCCCC(=O)Oc1ccc(CCC(C)C)cc1OC(=O)CCCCCC. The Morgan fingerprint density at radius 3 is 1.86 bits per heavy atom. The van der Waals surface area contributed by atoms with Crippen LogP contribution in [-0.4, -0.2) is 11.9 Å². The normalized spacial score (nSPS) is 10.9. The van der Waals surface area contributed by atoms with E-state index in [1.165, 1.54) is 0 Å². The van der Waals surface area contributed by atoms with E-state index in [1.54, 1.807) is 6.07 Å². The second-order valence-electron chi connectivity index (χ2n) is 8.28. The van der Waals surface area contributed by atoms with Gasteiger partial charge in [-0.25, -0.2) is 0 Å². The number of hydrogen-bond acceptors (Lipinski definition) is 4. The molecule has 0 aliphatic rings. The molecule has 0 spiro atoms. The van der Waals surface area contributed by atoms with Crippen molar-refractivity contribution >= 4 is 11.9 Å². The summed E-state index contributed by atoms with van der Waals surface area (Å²) in [6.07, 6.45) is 11.0. The van der Waals surface area contributed by atoms with Crippen LogP contribution >= 0.6 is 0 Å². The molecule has 1 aromatic carbocycles. The Balaban J connectivity index is 2.75. The third kappa shape index (κ3) is 11.7. The van der Waals surface area contributed by atoms with Crippen molar-refractivity contribution in [3.8, 4) is 11.5 Å². The van der Waals surface area contributed by atoms with E-state index in [-0.39, 0.29) is 11.9 Å². The van der Waals surface area contributed by atoms with Crippen LogP contribution in [0.3, 0.4) is 0 Å². The van der Waals surface area contributed by atoms with E-state index in [9.17, 15) is 9.59 Å². The molecular weight excluding hydrogens is 364 g/mol. The standard InChI is InChI=1S/C25H40O4/c1-5-7-9-11-13-24(26)28-22-18-17-21(16-15-20(3)4)19-23(22)29-25(27)14-12-10-8-6-2/h17-20H,5-16H2,1-4H3. The average Bonchev–Trinajstić information content (AvgIpc) is 2.68. The highest BCUT2D eigenvalue weighted by Gasteiger charge is 2.15. The van der Waals surface area contributed by atoms with Crippen LogP contribution in [-0.2, 0) is 16.0 Å². The van der Waals surface area contributed by atoms with Gasteiger partial charge in [-0.1, -0.05) is 72.3 Å². The van der Waals surface area contributed by atoms with Crippen molar-refractivity contribution in [2.45, 2.75) is 105 Å². The molecule has 4 nitrogen and oxygen atoms in total. The van der Waals surface area contributed by atoms with Gasteiger partial charge >= 0.3 is 11.9 Å². The first kappa shape index (κ1) is 25.2. The maximum Gasteiger partial charge on any atom is 0.311 e. The highest BCUT2D eigenvalue weighted by Crippen LogP contribution is 2.30. The van der Waals surface area contributed by atoms with Crippen LogP contribution in [0.15, 0.2) is 18.2 Å². The van der Waals surface area contributed by atoms with E-state index in [1.807, 2.05) is 12.1 Å². The smallest absolute Gasteiger partial charge is 0.311 e. The van der Waals surface area contributed by atoms with E-state index < -0.39 is 0 Å². The summed E-state index contributed by atoms with van der Waals surface area (Å²) in [6, 6.07) is 5.58. The molecule has 0 aliphatic heterocycles. The topological polar surface area (TPSA) is 52.6 Å². The second-order valence-corrected chi connectivity index (χ2v) is 8.28. The lowest BCUT2D eigenvalue weighted by Crippen LogP contribution is -2.12. The molecule has 0 N–H and O–H groups in total. The van der Waals surface area contributed by atoms with Crippen molar-refractivity contribution in [3.05, 3.63) is 23.8 Å². The summed E-state index contributed by atoms with van der Waals surface area (Å²) >= 11 is 0. The van der Waals surface area contributed by atoms with Gasteiger partial charge in [0.25, 0.3) is 0 Å². The summed E-state index contributed by atoms with van der Waals surface area (Å²) in [4.78, 5) is 24.5. The maximum atomic E-state index is 12.3. The van der Waals surface area contributed by atoms with Gasteiger partial charge in [0.1, 0.15) is 0 Å². The Bertz CT molecular complexity index is 607. The Morgan fingerprint density at radius 2 is 1.34 bits per heavy atom. The van der Waals surface area contributed by atoms with Gasteiger partial charge in [-0.3, -0.25) is 9.59 Å². The monoisotopic (exact) mass is 404 g/mol. The molecule has 0 atom stereocenters. The van der Waals surface area contributed by atoms with E-state index in [4.69, 9.17) is 9.47 Å². The Kier molecular flexibility index (Phi) is 13.1. The summed E-state index contributed by atoms with van der Waals surface area (Å²) in [6.45, 7) is 8.66. The molecule has 1 aromatic rings. The number of unbranched alkanes of at least 4 members (excludes halogenated alkanes) is 6. The van der Waals surface area contributed by atoms with Gasteiger partial charge in [0.05, 0.1) is 0 Å². The van der Waals surface area contributed by atoms with Crippen LogP contribution in [0.4, 0.5) is 0 Å². The van der Waals surface area contributed by atoms with Crippen molar-refractivity contribution in [1.82, 2.24) is 0 Å². The lowest BCUT2D eigenvalue weighted by molar-refractivity contribution is -0.137. The molecule has 0 saturated heterocycles. The summed E-state index contributed by atoms with van der Waals surface area (Å²) in [7, 11) is 0. The van der Waals surface area contributed by atoms with Gasteiger partial charge in [-0.2, -0.15) is 0 Å². The first-order valence-electron chi connectivity index (χ1n) is 11.5. The summed E-state index contributed by atoms with van der Waals surface area (Å²) < 4.78 is 11.1. The maximum absolute atomic E-state index is 12.3. The number of carbonyl (C=O) groups excluding carboxylic acids is 2. The molecule has 164 valence electrons. The quantitative estimate of drug-likeness (QED) is 0.179. The Hall–Kier alpha value is -1.84. The van der Waals surface area contributed by atoms with E-state index >= 15 is 0 Å². The molecule has 1 rings (SSSR count). The predicted molar refractivity (Wildman–Crippen MR) is 118 cm³/mol. The molecule has 0 saturated carbocycles. The third-order valence-electron chi connectivity index (χ3n) is 4.93. The van der Waals surface area contributed by atoms with E-state index in [0.29, 0.717) is 30.3 Å². The number of benzene rings is 1. The number of ether oxygens (including phenoxy) is 2. The third-order valence-corrected chi connectivity index (χ3v) is 4.93. The predicted octanol–water partition coefficient (Wildman–Crippen LogP) is 7.03. The van der Waals surface area contributed by atoms with Gasteiger partial charge in [0.2, 0.25) is 0 Å². The van der Waals surface area contributed by atoms with Crippen LogP contribution in [0, 0.1) is 5.92 Å². The molecule has 0 aromatic heterocycles. The number of rotatable bonds is 15. The second kappa shape index (κ2) is 15.1. The molecule has 0 bridgehead atoms. The summed E-state index contributed by atoms with van der Waals surface area (Å²) in [5, 5.41) is 0. The molecule has 0 unspecified atom stereocenters. The van der Waals surface area contributed by atoms with Crippen LogP contribution in [0.5, 0.6) is 11.5 Å². The molecule has 0 amide bonds. The molecule has 29 heavy (non-hydrogen) atoms. The fraction of sp³-hybridized carbons (Fsp3) is 0.680. The van der Waals surface area contributed by atoms with E-state index in [0.717, 1.165) is 69.8 Å². The first-order valence-corrected chi connectivity index (χ1v) is 11.5. The van der Waals surface area contributed by atoms with Crippen molar-refractivity contribution in [2.24, 2.45) is 5.92 Å². The number of hydrogen-bond donors (Lipinski definition) is 0. The van der Waals surface area contributed by atoms with Crippen molar-refractivity contribution in [2.75, 3.05) is 0 Å². The fourth-order valence-electron chi connectivity index (χ4n) is 3.07. The van der Waals surface area contributed by atoms with E-state index in [2.05, 4.69) is 27.7 Å². The zero-order valence-corrected chi connectivity index (χ0v) is 18.9. The minimum Gasteiger partial charge on any atom is -0.423 e. The zero-order valence-electron chi connectivity index (χ0n) is 18.9. The molecule has 0 radical (unpaired) electrons. The van der Waals surface area contributed by atoms with Gasteiger partial charge in [-0.05, 0) is 49.3 Å². The number of aryl methyl sites for hydroxylation is 1. The minimum absolute atomic E-state index is 0.262. The van der Waals surface area contributed by atoms with Crippen LogP contribution in [0.1, 0.15) is 104 Å². The Labute approximate surface area is 177 Å². The largest absolute Gasteiger partial charge is 0.423 e. The van der Waals surface area contributed by atoms with Crippen LogP contribution < -0.4 is 9.47 Å². The van der Waals surface area contributed by atoms with Crippen LogP contribution in [0.2, 0.25) is 0 Å². The van der Waals surface area contributed by atoms with Gasteiger partial charge in [-0.15, -0.1) is 0 Å². The van der Waals surface area contributed by atoms with Crippen molar-refractivity contribution < 1.29 is 19.1 Å². The van der Waals surface area contributed by atoms with Gasteiger partial charge in [0.15, 0.2) is 11.5 Å². The zero-order chi connectivity index (χ0) is 21.5. The molecule has 0 aliphatic carbocycles. The van der Waals surface area contributed by atoms with Crippen molar-refractivity contribution in [3.63, 3.8) is 0 Å². The summed E-state index contributed by atoms with van der Waals surface area (Å²) in [5.74, 6) is 0.785. The lowest BCUT2D eigenvalue weighted by Gasteiger charge is -2.13. The number of esters is 2. The number of carbonyl (C=O) groups is 2. The lowest BCUT2D eigenvalue weighted by atomic mass is 10.0. The van der Waals surface area contributed by atoms with Crippen LogP contribution in [0.25, 0.3) is 0 Å². The highest BCUT2D eigenvalue weighted by molar-refractivity contribution is 5.76. The molecule has 0 fully saturated rings.